The van der Waals surface area contributed by atoms with Gasteiger partial charge in [0.05, 0.1) is 30.2 Å². The number of nitrogens with one attached hydrogen (secondary N) is 1. The number of piperazine rings is 1. The second-order valence-electron chi connectivity index (χ2n) is 9.06. The summed E-state index contributed by atoms with van der Waals surface area (Å²) in [6.45, 7) is 4.81. The first kappa shape index (κ1) is 24.3. The highest BCUT2D eigenvalue weighted by molar-refractivity contribution is 6.05. The second-order valence-corrected chi connectivity index (χ2v) is 9.06. The Bertz CT molecular complexity index is 1390. The van der Waals surface area contributed by atoms with Crippen LogP contribution in [-0.2, 0) is 17.8 Å². The van der Waals surface area contributed by atoms with Gasteiger partial charge >= 0.3 is 0 Å². The zero-order valence-corrected chi connectivity index (χ0v) is 21.1. The third-order valence-corrected chi connectivity index (χ3v) is 6.61. The van der Waals surface area contributed by atoms with Gasteiger partial charge in [0.1, 0.15) is 5.75 Å². The molecule has 4 aromatic rings. The van der Waals surface area contributed by atoms with Crippen LogP contribution in [0.5, 0.6) is 5.75 Å². The van der Waals surface area contributed by atoms with Crippen molar-refractivity contribution in [3.8, 4) is 5.75 Å². The summed E-state index contributed by atoms with van der Waals surface area (Å²) in [5, 5.41) is 2.90. The molecule has 2 aromatic heterocycles. The summed E-state index contributed by atoms with van der Waals surface area (Å²) >= 11 is 0. The number of pyridine rings is 1. The molecule has 0 aliphatic carbocycles. The number of hydrogen-bond donors (Lipinski definition) is 1. The second kappa shape index (κ2) is 10.7. The Hall–Kier alpha value is -4.40. The number of hydrogen-bond acceptors (Lipinski definition) is 6. The average molecular weight is 499 g/mol. The minimum Gasteiger partial charge on any atom is -0.497 e. The van der Waals surface area contributed by atoms with Gasteiger partial charge in [0.2, 0.25) is 5.91 Å². The highest BCUT2D eigenvalue weighted by Gasteiger charge is 2.24. The summed E-state index contributed by atoms with van der Waals surface area (Å²) in [7, 11) is 1.65. The highest BCUT2D eigenvalue weighted by Crippen LogP contribution is 2.27. The smallest absolute Gasteiger partial charge is 0.254 e. The number of nitrogens with zero attached hydrogens (tertiary/aromatic N) is 5. The van der Waals surface area contributed by atoms with Gasteiger partial charge in [-0.25, -0.2) is 4.98 Å². The fourth-order valence-corrected chi connectivity index (χ4v) is 4.71. The van der Waals surface area contributed by atoms with Crippen LogP contribution < -0.4 is 15.0 Å². The number of amides is 2. The topological polar surface area (TPSA) is 92.6 Å². The van der Waals surface area contributed by atoms with Crippen LogP contribution in [0.15, 0.2) is 67.1 Å². The highest BCUT2D eigenvalue weighted by atomic mass is 16.5. The van der Waals surface area contributed by atoms with Gasteiger partial charge in [0.15, 0.2) is 0 Å². The largest absolute Gasteiger partial charge is 0.497 e. The molecule has 0 unspecified atom stereocenters. The molecular weight excluding hydrogens is 468 g/mol. The van der Waals surface area contributed by atoms with Crippen LogP contribution in [0.4, 0.5) is 11.4 Å². The van der Waals surface area contributed by atoms with Crippen LogP contribution in [-0.4, -0.2) is 64.5 Å². The first-order valence-corrected chi connectivity index (χ1v) is 12.4. The van der Waals surface area contributed by atoms with Crippen LogP contribution in [0.3, 0.4) is 0 Å². The maximum Gasteiger partial charge on any atom is 0.254 e. The summed E-state index contributed by atoms with van der Waals surface area (Å²) in [6.07, 6.45) is 4.25. The van der Waals surface area contributed by atoms with Crippen LogP contribution in [0.2, 0.25) is 0 Å². The molecule has 0 atom stereocenters. The minimum atomic E-state index is -0.198. The number of benzene rings is 2. The van der Waals surface area contributed by atoms with Crippen molar-refractivity contribution in [3.63, 3.8) is 0 Å². The van der Waals surface area contributed by atoms with Gasteiger partial charge in [-0.05, 0) is 48.5 Å². The molecule has 0 bridgehead atoms. The first-order valence-electron chi connectivity index (χ1n) is 12.4. The Morgan fingerprint density at radius 3 is 2.46 bits per heavy atom. The van der Waals surface area contributed by atoms with E-state index in [4.69, 9.17) is 4.74 Å². The molecule has 2 aromatic carbocycles. The van der Waals surface area contributed by atoms with Crippen molar-refractivity contribution in [1.29, 1.82) is 0 Å². The quantitative estimate of drug-likeness (QED) is 0.419. The van der Waals surface area contributed by atoms with E-state index in [0.717, 1.165) is 42.2 Å². The lowest BCUT2D eigenvalue weighted by Gasteiger charge is -2.36. The molecule has 1 N–H and O–H groups in total. The van der Waals surface area contributed by atoms with Gasteiger partial charge in [-0.15, -0.1) is 0 Å². The number of ether oxygens (including phenoxy) is 1. The number of fused-ring (bicyclic) bond motifs is 1. The lowest BCUT2D eigenvalue weighted by atomic mass is 10.1. The van der Waals surface area contributed by atoms with Gasteiger partial charge in [0, 0.05) is 69.2 Å². The third-order valence-electron chi connectivity index (χ3n) is 6.61. The molecule has 1 aliphatic heterocycles. The number of methoxy groups -OCH3 is 1. The van der Waals surface area contributed by atoms with Crippen LogP contribution in [0, 0.1) is 0 Å². The Morgan fingerprint density at radius 1 is 1.00 bits per heavy atom. The number of carbonyl (C=O) groups excluding carboxylic acids is 2. The standard InChI is InChI=1S/C28H30N6O3/c1-20(35)31-26-18-21(17-25-27(26)34(19-30-25)12-10-22-5-3-4-11-29-22)28(36)33-15-13-32(14-16-33)23-6-8-24(37-2)9-7-23/h3-9,11,17-19H,10,12-16H2,1-2H3,(H,31,35). The minimum absolute atomic E-state index is 0.0640. The number of carbonyl (C=O) groups is 2. The van der Waals surface area contributed by atoms with E-state index in [0.29, 0.717) is 36.4 Å². The van der Waals surface area contributed by atoms with E-state index < -0.39 is 0 Å². The van der Waals surface area contributed by atoms with Gasteiger partial charge < -0.3 is 24.4 Å². The Morgan fingerprint density at radius 2 is 1.78 bits per heavy atom. The lowest BCUT2D eigenvalue weighted by molar-refractivity contribution is -0.114. The number of imidazole rings is 1. The molecule has 9 heteroatoms. The van der Waals surface area contributed by atoms with Gasteiger partial charge in [-0.1, -0.05) is 6.07 Å². The van der Waals surface area contributed by atoms with E-state index in [9.17, 15) is 9.59 Å². The lowest BCUT2D eigenvalue weighted by Crippen LogP contribution is -2.48. The van der Waals surface area contributed by atoms with Crippen molar-refractivity contribution in [2.75, 3.05) is 43.5 Å². The number of anilines is 2. The van der Waals surface area contributed by atoms with Crippen LogP contribution >= 0.6 is 0 Å². The van der Waals surface area contributed by atoms with Crippen molar-refractivity contribution in [1.82, 2.24) is 19.4 Å². The van der Waals surface area contributed by atoms with Crippen molar-refractivity contribution < 1.29 is 14.3 Å². The predicted octanol–water partition coefficient (Wildman–Crippen LogP) is 3.60. The molecule has 5 rings (SSSR count). The fourth-order valence-electron chi connectivity index (χ4n) is 4.71. The summed E-state index contributed by atoms with van der Waals surface area (Å²) < 4.78 is 7.24. The van der Waals surface area contributed by atoms with E-state index in [1.54, 1.807) is 25.7 Å². The summed E-state index contributed by atoms with van der Waals surface area (Å²) in [5.74, 6) is 0.560. The molecule has 0 spiro atoms. The maximum absolute atomic E-state index is 13.5. The van der Waals surface area contributed by atoms with E-state index in [1.165, 1.54) is 6.92 Å². The maximum atomic E-state index is 13.5. The van der Waals surface area contributed by atoms with Crippen LogP contribution in [0.1, 0.15) is 23.0 Å². The molecule has 0 saturated carbocycles. The van der Waals surface area contributed by atoms with E-state index in [-0.39, 0.29) is 11.8 Å². The van der Waals surface area contributed by atoms with Crippen molar-refractivity contribution in [3.05, 3.63) is 78.4 Å². The molecule has 190 valence electrons. The van der Waals surface area contributed by atoms with Crippen molar-refractivity contribution >= 4 is 34.2 Å². The molecule has 2 amide bonds. The number of aryl methyl sites for hydroxylation is 2. The van der Waals surface area contributed by atoms with Gasteiger partial charge in [-0.3, -0.25) is 14.6 Å². The zero-order valence-electron chi connectivity index (χ0n) is 21.1. The van der Waals surface area contributed by atoms with E-state index >= 15 is 0 Å². The van der Waals surface area contributed by atoms with Crippen molar-refractivity contribution in [2.45, 2.75) is 19.9 Å². The molecule has 3 heterocycles. The zero-order chi connectivity index (χ0) is 25.8. The van der Waals surface area contributed by atoms with Gasteiger partial charge in [0.25, 0.3) is 5.91 Å². The van der Waals surface area contributed by atoms with Crippen molar-refractivity contribution in [2.24, 2.45) is 0 Å². The average Bonchev–Trinajstić information content (AvgIpc) is 3.35. The third kappa shape index (κ3) is 5.40. The Kier molecular flexibility index (Phi) is 7.02. The number of rotatable bonds is 7. The fraction of sp³-hybridized carbons (Fsp3) is 0.286. The monoisotopic (exact) mass is 498 g/mol. The normalized spacial score (nSPS) is 13.6. The Balaban J connectivity index is 1.33. The molecule has 9 nitrogen and oxygen atoms in total. The van der Waals surface area contributed by atoms with Gasteiger partial charge in [-0.2, -0.15) is 0 Å². The SMILES string of the molecule is COc1ccc(N2CCN(C(=O)c3cc(NC(C)=O)c4c(c3)ncn4CCc3ccccn3)CC2)cc1. The molecule has 37 heavy (non-hydrogen) atoms. The Labute approximate surface area is 215 Å². The summed E-state index contributed by atoms with van der Waals surface area (Å²) in [5.41, 5.74) is 4.66. The molecular formula is C28H30N6O3. The van der Waals surface area contributed by atoms with E-state index in [2.05, 4.69) is 20.2 Å². The number of aromatic nitrogens is 3. The molecule has 1 aliphatic rings. The molecule has 1 saturated heterocycles. The summed E-state index contributed by atoms with van der Waals surface area (Å²) in [6, 6.07) is 17.4. The molecule has 0 radical (unpaired) electrons. The predicted molar refractivity (Wildman–Crippen MR) is 143 cm³/mol. The molecule has 1 fully saturated rings. The van der Waals surface area contributed by atoms with E-state index in [1.807, 2.05) is 58.0 Å². The summed E-state index contributed by atoms with van der Waals surface area (Å²) in [4.78, 5) is 38.5. The van der Waals surface area contributed by atoms with Crippen LogP contribution in [0.25, 0.3) is 11.0 Å². The first-order chi connectivity index (χ1) is 18.0.